The Bertz CT molecular complexity index is 1050. The maximum atomic E-state index is 13.0. The first-order valence-electron chi connectivity index (χ1n) is 10.4. The molecule has 1 aliphatic carbocycles. The van der Waals surface area contributed by atoms with Crippen LogP contribution < -0.4 is 10.2 Å². The van der Waals surface area contributed by atoms with Crippen molar-refractivity contribution in [3.8, 4) is 0 Å². The Labute approximate surface area is 193 Å². The van der Waals surface area contributed by atoms with Gasteiger partial charge in [-0.05, 0) is 73.6 Å². The normalized spacial score (nSPS) is 20.9. The van der Waals surface area contributed by atoms with Crippen LogP contribution in [-0.4, -0.2) is 24.4 Å². The van der Waals surface area contributed by atoms with Crippen molar-refractivity contribution in [3.63, 3.8) is 0 Å². The summed E-state index contributed by atoms with van der Waals surface area (Å²) in [5, 5.41) is 3.40. The lowest BCUT2D eigenvalue weighted by Gasteiger charge is -2.32. The second kappa shape index (κ2) is 8.94. The number of carbonyl (C=O) groups is 2. The summed E-state index contributed by atoms with van der Waals surface area (Å²) in [6.45, 7) is 0.605. The second-order valence-electron chi connectivity index (χ2n) is 8.34. The predicted octanol–water partition coefficient (Wildman–Crippen LogP) is 5.89. The van der Waals surface area contributed by atoms with Gasteiger partial charge in [0, 0.05) is 23.3 Å². The first-order valence-corrected chi connectivity index (χ1v) is 11.1. The summed E-state index contributed by atoms with van der Waals surface area (Å²) in [5.74, 6) is -0.271. The van der Waals surface area contributed by atoms with Crippen LogP contribution in [0.2, 0.25) is 10.0 Å². The Hall–Kier alpha value is -2.25. The average Bonchev–Trinajstić information content (AvgIpc) is 3.03. The van der Waals surface area contributed by atoms with Gasteiger partial charge in [0.05, 0.1) is 22.6 Å². The fourth-order valence-corrected chi connectivity index (χ4v) is 4.84. The zero-order chi connectivity index (χ0) is 23.0. The average molecular weight is 485 g/mol. The highest BCUT2D eigenvalue weighted by Gasteiger charge is 2.33. The van der Waals surface area contributed by atoms with Crippen LogP contribution in [0.5, 0.6) is 0 Å². The van der Waals surface area contributed by atoms with Gasteiger partial charge in [0.25, 0.3) is 5.91 Å². The highest BCUT2D eigenvalue weighted by atomic mass is 35.5. The van der Waals surface area contributed by atoms with Crippen LogP contribution in [0.3, 0.4) is 0 Å². The molecule has 2 aliphatic rings. The van der Waals surface area contributed by atoms with Crippen molar-refractivity contribution in [1.82, 2.24) is 5.32 Å². The summed E-state index contributed by atoms with van der Waals surface area (Å²) in [6.07, 6.45) is -1.24. The van der Waals surface area contributed by atoms with Crippen molar-refractivity contribution in [2.45, 2.75) is 44.3 Å². The highest BCUT2D eigenvalue weighted by Crippen LogP contribution is 2.35. The van der Waals surface area contributed by atoms with E-state index in [0.717, 1.165) is 42.3 Å². The Morgan fingerprint density at radius 2 is 1.78 bits per heavy atom. The smallest absolute Gasteiger partial charge is 0.349 e. The van der Waals surface area contributed by atoms with Gasteiger partial charge in [-0.25, -0.2) is 0 Å². The lowest BCUT2D eigenvalue weighted by Crippen LogP contribution is -2.40. The molecule has 2 aromatic rings. The maximum Gasteiger partial charge on any atom is 0.416 e. The molecule has 1 N–H and O–H groups in total. The number of nitrogens with zero attached hydrogens (tertiary/aromatic N) is 1. The molecule has 4 rings (SSSR count). The third kappa shape index (κ3) is 4.89. The van der Waals surface area contributed by atoms with Crippen LogP contribution in [0.1, 0.15) is 47.2 Å². The van der Waals surface area contributed by atoms with Crippen molar-refractivity contribution in [1.29, 1.82) is 0 Å². The van der Waals surface area contributed by atoms with Crippen molar-refractivity contribution in [2.24, 2.45) is 5.92 Å². The molecule has 0 atom stereocenters. The number of fused-ring (bicyclic) bond motifs is 1. The Morgan fingerprint density at radius 3 is 2.47 bits per heavy atom. The molecule has 2 aromatic carbocycles. The molecule has 0 radical (unpaired) electrons. The minimum Gasteiger partial charge on any atom is -0.349 e. The van der Waals surface area contributed by atoms with Crippen LogP contribution in [0, 0.1) is 5.92 Å². The summed E-state index contributed by atoms with van der Waals surface area (Å²) < 4.78 is 38.9. The van der Waals surface area contributed by atoms with Gasteiger partial charge >= 0.3 is 6.18 Å². The summed E-state index contributed by atoms with van der Waals surface area (Å²) in [7, 11) is 0. The number of rotatable bonds is 4. The molecule has 1 fully saturated rings. The number of alkyl halides is 3. The minimum atomic E-state index is -4.55. The topological polar surface area (TPSA) is 49.4 Å². The molecule has 0 spiro atoms. The Balaban J connectivity index is 1.34. The van der Waals surface area contributed by atoms with Gasteiger partial charge in [-0.15, -0.1) is 0 Å². The van der Waals surface area contributed by atoms with Gasteiger partial charge in [-0.3, -0.25) is 9.59 Å². The third-order valence-electron chi connectivity index (χ3n) is 6.14. The molecule has 170 valence electrons. The quantitative estimate of drug-likeness (QED) is 0.587. The highest BCUT2D eigenvalue weighted by molar-refractivity contribution is 6.33. The maximum absolute atomic E-state index is 13.0. The van der Waals surface area contributed by atoms with Crippen LogP contribution in [0.25, 0.3) is 0 Å². The van der Waals surface area contributed by atoms with E-state index in [1.165, 1.54) is 0 Å². The monoisotopic (exact) mass is 484 g/mol. The largest absolute Gasteiger partial charge is 0.416 e. The van der Waals surface area contributed by atoms with E-state index < -0.39 is 17.6 Å². The van der Waals surface area contributed by atoms with E-state index in [2.05, 4.69) is 5.32 Å². The van der Waals surface area contributed by atoms with Gasteiger partial charge in [-0.1, -0.05) is 23.2 Å². The fourth-order valence-electron chi connectivity index (χ4n) is 4.44. The van der Waals surface area contributed by atoms with E-state index >= 15 is 0 Å². The molecule has 0 unspecified atom stereocenters. The van der Waals surface area contributed by atoms with Crippen LogP contribution in [-0.2, 0) is 17.4 Å². The van der Waals surface area contributed by atoms with E-state index in [1.807, 2.05) is 12.1 Å². The summed E-state index contributed by atoms with van der Waals surface area (Å²) in [5.41, 5.74) is 0.740. The van der Waals surface area contributed by atoms with E-state index in [4.69, 9.17) is 23.2 Å². The Kier molecular flexibility index (Phi) is 6.41. The van der Waals surface area contributed by atoms with Gasteiger partial charge in [0.1, 0.15) is 0 Å². The van der Waals surface area contributed by atoms with Gasteiger partial charge in [0.2, 0.25) is 5.91 Å². The number of anilines is 1. The number of benzene rings is 2. The third-order valence-corrected chi connectivity index (χ3v) is 6.70. The van der Waals surface area contributed by atoms with E-state index in [0.29, 0.717) is 30.8 Å². The standard InChI is InChI=1S/C23H21Cl2F3N2O2/c24-16-4-8-20-14(9-16)10-21(31)30(20)12-13-1-5-17(6-2-13)29-22(32)18-11-15(23(26,27)28)3-7-19(18)25/h3-4,7-9,11,13,17H,1-2,5-6,10,12H2,(H,29,32). The zero-order valence-corrected chi connectivity index (χ0v) is 18.5. The molecule has 1 aliphatic heterocycles. The molecule has 0 aromatic heterocycles. The number of halogens is 5. The molecule has 2 amide bonds. The van der Waals surface area contributed by atoms with Gasteiger partial charge in [0.15, 0.2) is 0 Å². The number of carbonyl (C=O) groups excluding carboxylic acids is 2. The summed E-state index contributed by atoms with van der Waals surface area (Å²) in [4.78, 5) is 26.8. The molecule has 0 saturated heterocycles. The molecule has 1 saturated carbocycles. The zero-order valence-electron chi connectivity index (χ0n) is 17.0. The van der Waals surface area contributed by atoms with Crippen LogP contribution in [0.4, 0.5) is 18.9 Å². The molecule has 1 heterocycles. The fraction of sp³-hybridized carbons (Fsp3) is 0.391. The molecular formula is C23H21Cl2F3N2O2. The van der Waals surface area contributed by atoms with E-state index in [-0.39, 0.29) is 28.5 Å². The van der Waals surface area contributed by atoms with Crippen molar-refractivity contribution >= 4 is 40.7 Å². The number of hydrogen-bond acceptors (Lipinski definition) is 2. The summed E-state index contributed by atoms with van der Waals surface area (Å²) >= 11 is 12.0. The number of nitrogens with one attached hydrogen (secondary N) is 1. The number of hydrogen-bond donors (Lipinski definition) is 1. The van der Waals surface area contributed by atoms with E-state index in [9.17, 15) is 22.8 Å². The van der Waals surface area contributed by atoms with Gasteiger partial charge in [-0.2, -0.15) is 13.2 Å². The first-order chi connectivity index (χ1) is 15.1. The van der Waals surface area contributed by atoms with Crippen LogP contribution in [0.15, 0.2) is 36.4 Å². The van der Waals surface area contributed by atoms with Crippen molar-refractivity contribution in [2.75, 3.05) is 11.4 Å². The van der Waals surface area contributed by atoms with E-state index in [1.54, 1.807) is 11.0 Å². The lowest BCUT2D eigenvalue weighted by molar-refractivity contribution is -0.137. The summed E-state index contributed by atoms with van der Waals surface area (Å²) in [6, 6.07) is 8.05. The number of amides is 2. The lowest BCUT2D eigenvalue weighted by atomic mass is 9.85. The van der Waals surface area contributed by atoms with Gasteiger partial charge < -0.3 is 10.2 Å². The molecule has 32 heavy (non-hydrogen) atoms. The van der Waals surface area contributed by atoms with Crippen LogP contribution >= 0.6 is 23.2 Å². The van der Waals surface area contributed by atoms with Crippen molar-refractivity contribution < 1.29 is 22.8 Å². The molecule has 4 nitrogen and oxygen atoms in total. The SMILES string of the molecule is O=C(NC1CCC(CN2C(=O)Cc3cc(Cl)ccc32)CC1)c1cc(C(F)(F)F)ccc1Cl. The molecule has 9 heteroatoms. The molecule has 0 bridgehead atoms. The minimum absolute atomic E-state index is 0.0181. The first kappa shape index (κ1) is 22.9. The Morgan fingerprint density at radius 1 is 1.06 bits per heavy atom. The molecular weight excluding hydrogens is 464 g/mol. The second-order valence-corrected chi connectivity index (χ2v) is 9.18. The van der Waals surface area contributed by atoms with Crippen molar-refractivity contribution in [3.05, 3.63) is 63.1 Å². The predicted molar refractivity (Wildman–Crippen MR) is 117 cm³/mol.